The predicted octanol–water partition coefficient (Wildman–Crippen LogP) is 3.92. The van der Waals surface area contributed by atoms with Crippen molar-refractivity contribution in [2.75, 3.05) is 0 Å². The van der Waals surface area contributed by atoms with E-state index in [9.17, 15) is 0 Å². The standard InChI is InChI=1S/C19H11BN2O/c20-12-6-7-13-14-9-18-17(10-16(14)21-15(13)8-12)22-19(23-18)11-4-2-1-3-5-11/h1-10,21H. The first-order chi connectivity index (χ1) is 11.3. The van der Waals surface area contributed by atoms with Crippen LogP contribution in [0.4, 0.5) is 0 Å². The number of aromatic amines is 1. The highest BCUT2D eigenvalue weighted by Crippen LogP contribution is 2.31. The maximum absolute atomic E-state index is 5.95. The molecule has 0 saturated carbocycles. The average molecular weight is 294 g/mol. The van der Waals surface area contributed by atoms with Crippen molar-refractivity contribution in [3.63, 3.8) is 0 Å². The number of benzene rings is 3. The third-order valence-electron chi connectivity index (χ3n) is 4.15. The van der Waals surface area contributed by atoms with Crippen molar-refractivity contribution in [1.82, 2.24) is 9.97 Å². The Kier molecular flexibility index (Phi) is 2.45. The molecule has 0 unspecified atom stereocenters. The smallest absolute Gasteiger partial charge is 0.227 e. The Balaban J connectivity index is 1.79. The average Bonchev–Trinajstić information content (AvgIpc) is 3.13. The summed E-state index contributed by atoms with van der Waals surface area (Å²) in [6.45, 7) is 0. The fourth-order valence-corrected chi connectivity index (χ4v) is 3.05. The summed E-state index contributed by atoms with van der Waals surface area (Å²) in [6, 6.07) is 19.9. The van der Waals surface area contributed by atoms with Crippen LogP contribution < -0.4 is 5.46 Å². The van der Waals surface area contributed by atoms with Crippen LogP contribution in [-0.2, 0) is 0 Å². The Morgan fingerprint density at radius 3 is 2.57 bits per heavy atom. The van der Waals surface area contributed by atoms with E-state index in [-0.39, 0.29) is 0 Å². The summed E-state index contributed by atoms with van der Waals surface area (Å²) in [7, 11) is 5.86. The number of fused-ring (bicyclic) bond motifs is 4. The van der Waals surface area contributed by atoms with Gasteiger partial charge in [0.1, 0.15) is 13.4 Å². The van der Waals surface area contributed by atoms with Gasteiger partial charge in [0, 0.05) is 27.4 Å². The lowest BCUT2D eigenvalue weighted by Crippen LogP contribution is -1.98. The maximum atomic E-state index is 5.95. The normalized spacial score (nSPS) is 11.7. The number of nitrogens with zero attached hydrogens (tertiary/aromatic N) is 1. The molecule has 3 aromatic carbocycles. The van der Waals surface area contributed by atoms with Crippen molar-refractivity contribution >= 4 is 46.2 Å². The van der Waals surface area contributed by atoms with Crippen LogP contribution in [0.1, 0.15) is 0 Å². The molecular weight excluding hydrogens is 283 g/mol. The Labute approximate surface area is 133 Å². The van der Waals surface area contributed by atoms with Gasteiger partial charge in [0.25, 0.3) is 0 Å². The monoisotopic (exact) mass is 294 g/mol. The summed E-state index contributed by atoms with van der Waals surface area (Å²) in [5.74, 6) is 0.641. The molecule has 0 aliphatic heterocycles. The zero-order chi connectivity index (χ0) is 15.4. The highest BCUT2D eigenvalue weighted by atomic mass is 16.3. The van der Waals surface area contributed by atoms with Gasteiger partial charge in [-0.05, 0) is 30.3 Å². The van der Waals surface area contributed by atoms with Crippen molar-refractivity contribution in [2.45, 2.75) is 0 Å². The van der Waals surface area contributed by atoms with E-state index in [1.54, 1.807) is 0 Å². The Hall–Kier alpha value is -3.01. The minimum atomic E-state index is 0.641. The molecule has 106 valence electrons. The second-order valence-electron chi connectivity index (χ2n) is 5.68. The van der Waals surface area contributed by atoms with Gasteiger partial charge in [0.15, 0.2) is 5.58 Å². The van der Waals surface area contributed by atoms with Crippen LogP contribution in [0.2, 0.25) is 0 Å². The van der Waals surface area contributed by atoms with E-state index in [4.69, 9.17) is 12.3 Å². The van der Waals surface area contributed by atoms with Gasteiger partial charge in [-0.15, -0.1) is 0 Å². The maximum Gasteiger partial charge on any atom is 0.227 e. The molecule has 23 heavy (non-hydrogen) atoms. The zero-order valence-corrected chi connectivity index (χ0v) is 12.2. The lowest BCUT2D eigenvalue weighted by atomic mass is 9.95. The second-order valence-corrected chi connectivity index (χ2v) is 5.68. The van der Waals surface area contributed by atoms with E-state index in [1.807, 2.05) is 60.7 Å². The second kappa shape index (κ2) is 4.49. The number of hydrogen-bond donors (Lipinski definition) is 1. The molecule has 3 nitrogen and oxygen atoms in total. The van der Waals surface area contributed by atoms with E-state index >= 15 is 0 Å². The number of H-pyrrole nitrogens is 1. The number of oxazole rings is 1. The van der Waals surface area contributed by atoms with Crippen LogP contribution in [0.3, 0.4) is 0 Å². The van der Waals surface area contributed by atoms with Crippen LogP contribution in [0, 0.1) is 0 Å². The minimum absolute atomic E-state index is 0.641. The summed E-state index contributed by atoms with van der Waals surface area (Å²) in [5.41, 5.74) is 5.41. The van der Waals surface area contributed by atoms with Crippen LogP contribution in [0.5, 0.6) is 0 Å². The zero-order valence-electron chi connectivity index (χ0n) is 12.2. The topological polar surface area (TPSA) is 41.8 Å². The molecule has 5 aromatic rings. The van der Waals surface area contributed by atoms with Crippen molar-refractivity contribution < 1.29 is 4.42 Å². The summed E-state index contributed by atoms with van der Waals surface area (Å²) < 4.78 is 5.95. The first kappa shape index (κ1) is 12.5. The van der Waals surface area contributed by atoms with Crippen LogP contribution in [0.25, 0.3) is 44.4 Å². The van der Waals surface area contributed by atoms with Gasteiger partial charge in [0.05, 0.1) is 0 Å². The van der Waals surface area contributed by atoms with Gasteiger partial charge in [-0.2, -0.15) is 0 Å². The van der Waals surface area contributed by atoms with Crippen molar-refractivity contribution in [1.29, 1.82) is 0 Å². The molecule has 1 N–H and O–H groups in total. The quantitative estimate of drug-likeness (QED) is 0.476. The Morgan fingerprint density at radius 2 is 1.70 bits per heavy atom. The summed E-state index contributed by atoms with van der Waals surface area (Å²) >= 11 is 0. The molecule has 2 heterocycles. The number of nitrogens with one attached hydrogen (secondary N) is 1. The molecular formula is C19H11BN2O. The van der Waals surface area contributed by atoms with Gasteiger partial charge < -0.3 is 9.40 Å². The van der Waals surface area contributed by atoms with Crippen LogP contribution >= 0.6 is 0 Å². The SMILES string of the molecule is [B]c1ccc2c(c1)[nH]c1cc3nc(-c4ccccc4)oc3cc12. The summed E-state index contributed by atoms with van der Waals surface area (Å²) in [4.78, 5) is 8.01. The third kappa shape index (κ3) is 1.88. The van der Waals surface area contributed by atoms with Gasteiger partial charge >= 0.3 is 0 Å². The molecule has 0 saturated heterocycles. The molecule has 0 bridgehead atoms. The Morgan fingerprint density at radius 1 is 0.870 bits per heavy atom. The molecule has 5 rings (SSSR count). The lowest BCUT2D eigenvalue weighted by Gasteiger charge is -1.93. The number of hydrogen-bond acceptors (Lipinski definition) is 2. The van der Waals surface area contributed by atoms with Crippen molar-refractivity contribution in [2.24, 2.45) is 0 Å². The van der Waals surface area contributed by atoms with E-state index < -0.39 is 0 Å². The van der Waals surface area contributed by atoms with E-state index in [0.717, 1.165) is 43.9 Å². The lowest BCUT2D eigenvalue weighted by molar-refractivity contribution is 0.620. The highest BCUT2D eigenvalue weighted by molar-refractivity contribution is 6.33. The fraction of sp³-hybridized carbons (Fsp3) is 0. The molecule has 0 fully saturated rings. The largest absolute Gasteiger partial charge is 0.436 e. The van der Waals surface area contributed by atoms with Gasteiger partial charge in [-0.1, -0.05) is 35.8 Å². The molecule has 0 aliphatic rings. The molecule has 0 aliphatic carbocycles. The molecule has 0 atom stereocenters. The van der Waals surface area contributed by atoms with Gasteiger partial charge in [-0.25, -0.2) is 4.98 Å². The van der Waals surface area contributed by atoms with Crippen LogP contribution in [0.15, 0.2) is 65.1 Å². The van der Waals surface area contributed by atoms with Gasteiger partial charge in [0.2, 0.25) is 5.89 Å². The van der Waals surface area contributed by atoms with Crippen molar-refractivity contribution in [3.05, 3.63) is 60.7 Å². The Bertz CT molecular complexity index is 1170. The molecule has 0 amide bonds. The number of rotatable bonds is 1. The molecule has 0 spiro atoms. The summed E-state index contributed by atoms with van der Waals surface area (Å²) in [5, 5.41) is 2.25. The molecule has 2 aromatic heterocycles. The molecule has 2 radical (unpaired) electrons. The van der Waals surface area contributed by atoms with E-state index in [1.165, 1.54) is 0 Å². The van der Waals surface area contributed by atoms with E-state index in [0.29, 0.717) is 5.89 Å². The highest BCUT2D eigenvalue weighted by Gasteiger charge is 2.12. The van der Waals surface area contributed by atoms with Crippen LogP contribution in [-0.4, -0.2) is 17.8 Å². The van der Waals surface area contributed by atoms with Crippen molar-refractivity contribution in [3.8, 4) is 11.5 Å². The fourth-order valence-electron chi connectivity index (χ4n) is 3.05. The van der Waals surface area contributed by atoms with Gasteiger partial charge in [-0.3, -0.25) is 0 Å². The predicted molar refractivity (Wildman–Crippen MR) is 94.2 cm³/mol. The minimum Gasteiger partial charge on any atom is -0.436 e. The first-order valence-corrected chi connectivity index (χ1v) is 7.45. The van der Waals surface area contributed by atoms with E-state index in [2.05, 4.69) is 9.97 Å². The third-order valence-corrected chi connectivity index (χ3v) is 4.15. The molecule has 4 heteroatoms. The summed E-state index contributed by atoms with van der Waals surface area (Å²) in [6.07, 6.45) is 0. The number of aromatic nitrogens is 2. The first-order valence-electron chi connectivity index (χ1n) is 7.45.